The van der Waals surface area contributed by atoms with Crippen LogP contribution in [0.1, 0.15) is 40.5 Å². The van der Waals surface area contributed by atoms with Gasteiger partial charge in [0.15, 0.2) is 0 Å². The van der Waals surface area contributed by atoms with Crippen LogP contribution in [0.2, 0.25) is 0 Å². The molecule has 2 aliphatic rings. The Kier molecular flexibility index (Phi) is 2.60. The molecule has 2 heterocycles. The van der Waals surface area contributed by atoms with Gasteiger partial charge in [0.25, 0.3) is 0 Å². The first kappa shape index (κ1) is 11.1. The Labute approximate surface area is 92.8 Å². The van der Waals surface area contributed by atoms with Crippen LogP contribution in [0, 0.1) is 5.92 Å². The fourth-order valence-corrected chi connectivity index (χ4v) is 2.38. The monoisotopic (exact) mass is 172 g/mol. The normalized spacial score (nSPS) is 32.9. The fourth-order valence-electron chi connectivity index (χ4n) is 2.38. The van der Waals surface area contributed by atoms with Crippen LogP contribution in [0.25, 0.3) is 5.32 Å². The van der Waals surface area contributed by atoms with Crippen molar-refractivity contribution < 1.29 is 18.9 Å². The summed E-state index contributed by atoms with van der Waals surface area (Å²) in [5.74, 6) is 1.78. The van der Waals surface area contributed by atoms with Gasteiger partial charge in [-0.15, -0.1) is 0 Å². The second kappa shape index (κ2) is 3.04. The molecule has 0 bridgehead atoms. The molecule has 0 N–H and O–H groups in total. The molecule has 13 heavy (non-hydrogen) atoms. The van der Waals surface area contributed by atoms with Crippen molar-refractivity contribution in [2.45, 2.75) is 51.6 Å². The van der Waals surface area contributed by atoms with Crippen molar-refractivity contribution in [1.82, 2.24) is 0 Å². The van der Waals surface area contributed by atoms with E-state index in [-0.39, 0.29) is 29.9 Å². The number of fused-ring (bicyclic) bond motifs is 1. The molecule has 0 aromatic heterocycles. The number of aliphatic imine (C=N–C) groups is 1. The van der Waals surface area contributed by atoms with Gasteiger partial charge in [-0.05, 0) is 29.8 Å². The zero-order chi connectivity index (χ0) is 8.98. The summed E-state index contributed by atoms with van der Waals surface area (Å²) < 4.78 is 0. The van der Waals surface area contributed by atoms with Gasteiger partial charge in [-0.25, -0.2) is 0 Å². The van der Waals surface area contributed by atoms with E-state index in [0.717, 1.165) is 5.84 Å². The third kappa shape index (κ3) is 2.11. The predicted octanol–water partition coefficient (Wildman–Crippen LogP) is -0.257. The average Bonchev–Trinajstić information content (AvgIpc) is 2.12. The molecule has 1 saturated heterocycles. The van der Waals surface area contributed by atoms with Gasteiger partial charge in [-0.3, -0.25) is 0 Å². The quantitative estimate of drug-likeness (QED) is 0.450. The summed E-state index contributed by atoms with van der Waals surface area (Å²) in [7, 11) is 0. The van der Waals surface area contributed by atoms with Crippen molar-refractivity contribution in [3.05, 3.63) is 5.32 Å². The Hall–Kier alpha value is 0.0674. The molecular formula is C10H17LiN2. The third-order valence-corrected chi connectivity index (χ3v) is 2.69. The molecule has 1 unspecified atom stereocenters. The predicted molar refractivity (Wildman–Crippen MR) is 51.7 cm³/mol. The average molecular weight is 172 g/mol. The van der Waals surface area contributed by atoms with Gasteiger partial charge in [-0.1, -0.05) is 33.5 Å². The van der Waals surface area contributed by atoms with E-state index in [1.807, 2.05) is 0 Å². The molecule has 1 fully saturated rings. The van der Waals surface area contributed by atoms with E-state index in [9.17, 15) is 0 Å². The standard InChI is InChI=1S/C10H17N2.Li/c1-9(2)5-7-6-10(3,4)12-8(7)11-9;/h7H,5-6H2,1-4H3;/q-1;+1. The van der Waals surface area contributed by atoms with Gasteiger partial charge in [-0.2, -0.15) is 0 Å². The van der Waals surface area contributed by atoms with E-state index in [1.165, 1.54) is 12.8 Å². The van der Waals surface area contributed by atoms with Crippen molar-refractivity contribution in [1.29, 1.82) is 0 Å². The maximum Gasteiger partial charge on any atom is 1.00 e. The van der Waals surface area contributed by atoms with Gasteiger partial charge < -0.3 is 10.3 Å². The number of hydrogen-bond donors (Lipinski definition) is 0. The van der Waals surface area contributed by atoms with Crippen LogP contribution in [0.5, 0.6) is 0 Å². The second-order valence-corrected chi connectivity index (χ2v) is 5.31. The summed E-state index contributed by atoms with van der Waals surface area (Å²) in [6.45, 7) is 8.78. The molecule has 1 atom stereocenters. The Morgan fingerprint density at radius 3 is 2.38 bits per heavy atom. The second-order valence-electron chi connectivity index (χ2n) is 5.31. The molecule has 0 aromatic carbocycles. The van der Waals surface area contributed by atoms with Crippen LogP contribution in [-0.2, 0) is 0 Å². The van der Waals surface area contributed by atoms with Gasteiger partial charge in [0.1, 0.15) is 0 Å². The summed E-state index contributed by atoms with van der Waals surface area (Å²) >= 11 is 0. The molecule has 0 aromatic rings. The van der Waals surface area contributed by atoms with Crippen LogP contribution in [0.15, 0.2) is 4.99 Å². The first-order chi connectivity index (χ1) is 5.38. The molecule has 0 spiro atoms. The van der Waals surface area contributed by atoms with Gasteiger partial charge in [0, 0.05) is 0 Å². The number of nitrogens with zero attached hydrogens (tertiary/aromatic N) is 2. The van der Waals surface area contributed by atoms with Gasteiger partial charge >= 0.3 is 18.9 Å². The Balaban J connectivity index is 0.000000845. The maximum absolute atomic E-state index is 4.63. The Bertz CT molecular complexity index is 243. The SMILES string of the molecule is CC1(C)CC2CC(C)(C)[N-]C2=N1.[Li+]. The van der Waals surface area contributed by atoms with E-state index in [1.54, 1.807) is 0 Å². The smallest absolute Gasteiger partial charge is 0.463 e. The largest absolute Gasteiger partial charge is 1.00 e. The molecule has 0 amide bonds. The fraction of sp³-hybridized carbons (Fsp3) is 0.900. The van der Waals surface area contributed by atoms with Crippen molar-refractivity contribution in [2.24, 2.45) is 10.9 Å². The summed E-state index contributed by atoms with van der Waals surface area (Å²) in [5, 5.41) is 4.63. The zero-order valence-corrected chi connectivity index (χ0v) is 9.39. The summed E-state index contributed by atoms with van der Waals surface area (Å²) in [6, 6.07) is 0. The molecule has 0 saturated carbocycles. The molecule has 68 valence electrons. The molecule has 0 aliphatic carbocycles. The van der Waals surface area contributed by atoms with Gasteiger partial charge in [0.05, 0.1) is 0 Å². The maximum atomic E-state index is 4.63. The first-order valence-electron chi connectivity index (χ1n) is 4.71. The van der Waals surface area contributed by atoms with E-state index in [4.69, 9.17) is 0 Å². The van der Waals surface area contributed by atoms with Gasteiger partial charge in [0.2, 0.25) is 0 Å². The minimum Gasteiger partial charge on any atom is -0.463 e. The Morgan fingerprint density at radius 2 is 1.85 bits per heavy atom. The molecule has 2 aliphatic heterocycles. The first-order valence-corrected chi connectivity index (χ1v) is 4.71. The van der Waals surface area contributed by atoms with Crippen LogP contribution < -0.4 is 18.9 Å². The summed E-state index contributed by atoms with van der Waals surface area (Å²) in [4.78, 5) is 4.63. The number of hydrogen-bond acceptors (Lipinski definition) is 1. The van der Waals surface area contributed by atoms with E-state index in [2.05, 4.69) is 38.0 Å². The minimum absolute atomic E-state index is 0. The van der Waals surface area contributed by atoms with E-state index >= 15 is 0 Å². The summed E-state index contributed by atoms with van der Waals surface area (Å²) in [5.41, 5.74) is 0.306. The third-order valence-electron chi connectivity index (χ3n) is 2.69. The van der Waals surface area contributed by atoms with Crippen LogP contribution in [-0.4, -0.2) is 16.9 Å². The molecular weight excluding hydrogens is 155 g/mol. The van der Waals surface area contributed by atoms with E-state index < -0.39 is 0 Å². The van der Waals surface area contributed by atoms with Crippen LogP contribution in [0.3, 0.4) is 0 Å². The van der Waals surface area contributed by atoms with Crippen molar-refractivity contribution in [3.63, 3.8) is 0 Å². The van der Waals surface area contributed by atoms with E-state index in [0.29, 0.717) is 5.92 Å². The number of amidine groups is 1. The van der Waals surface area contributed by atoms with Crippen molar-refractivity contribution in [2.75, 3.05) is 0 Å². The zero-order valence-electron chi connectivity index (χ0n) is 9.39. The van der Waals surface area contributed by atoms with Crippen molar-refractivity contribution >= 4 is 5.84 Å². The Morgan fingerprint density at radius 1 is 1.23 bits per heavy atom. The van der Waals surface area contributed by atoms with Crippen molar-refractivity contribution in [3.8, 4) is 0 Å². The summed E-state index contributed by atoms with van der Waals surface area (Å²) in [6.07, 6.45) is 2.38. The topological polar surface area (TPSA) is 26.5 Å². The van der Waals surface area contributed by atoms with Crippen LogP contribution >= 0.6 is 0 Å². The minimum atomic E-state index is 0. The molecule has 2 nitrogen and oxygen atoms in total. The molecule has 0 radical (unpaired) electrons. The molecule has 2 rings (SSSR count). The molecule has 3 heteroatoms. The van der Waals surface area contributed by atoms with Crippen LogP contribution in [0.4, 0.5) is 0 Å². The number of rotatable bonds is 0.